The Morgan fingerprint density at radius 1 is 0.865 bits per heavy atom. The average molecular weight is 491 g/mol. The van der Waals surface area contributed by atoms with Crippen molar-refractivity contribution in [1.82, 2.24) is 15.1 Å². The monoisotopic (exact) mass is 490 g/mol. The van der Waals surface area contributed by atoms with Crippen LogP contribution in [0.1, 0.15) is 24.1 Å². The number of aromatic nitrogens is 2. The molecule has 2 heterocycles. The van der Waals surface area contributed by atoms with Gasteiger partial charge >= 0.3 is 0 Å². The van der Waals surface area contributed by atoms with Crippen LogP contribution in [0.5, 0.6) is 0 Å². The molecule has 37 heavy (non-hydrogen) atoms. The molecule has 5 aromatic rings. The minimum absolute atomic E-state index is 0.0623. The van der Waals surface area contributed by atoms with Gasteiger partial charge in [-0.1, -0.05) is 67.6 Å². The largest absolute Gasteiger partial charge is 0.307 e. The number of hydrogen-bond acceptors (Lipinski definition) is 3. The van der Waals surface area contributed by atoms with Gasteiger partial charge in [0.25, 0.3) is 0 Å². The van der Waals surface area contributed by atoms with Crippen LogP contribution in [0, 0.1) is 11.7 Å². The lowest BCUT2D eigenvalue weighted by Gasteiger charge is -2.29. The zero-order valence-electron chi connectivity index (χ0n) is 20.5. The molecule has 1 aliphatic rings. The fourth-order valence-electron chi connectivity index (χ4n) is 5.32. The molecule has 6 rings (SSSR count). The summed E-state index contributed by atoms with van der Waals surface area (Å²) in [6, 6.07) is 32.5. The van der Waals surface area contributed by atoms with Crippen LogP contribution < -0.4 is 10.2 Å². The minimum Gasteiger partial charge on any atom is -0.307 e. The van der Waals surface area contributed by atoms with Gasteiger partial charge in [0.15, 0.2) is 0 Å². The molecule has 1 aliphatic heterocycles. The standard InChI is InChI=1S/C31H27FN4O/c1-21-29(33-19-22-8-4-2-5-9-22)30(23-10-6-3-7-11-23)35(31(21)37)27-16-17-28-24(18-27)20-34-36(28)26-14-12-25(32)13-15-26/h2-18,20-21,29-30,33H,19H2,1H3. The number of rotatable bonds is 6. The smallest absolute Gasteiger partial charge is 0.232 e. The highest BCUT2D eigenvalue weighted by Crippen LogP contribution is 2.41. The van der Waals surface area contributed by atoms with Gasteiger partial charge in [0, 0.05) is 23.7 Å². The van der Waals surface area contributed by atoms with Crippen molar-refractivity contribution in [3.05, 3.63) is 126 Å². The van der Waals surface area contributed by atoms with Crippen molar-refractivity contribution in [2.75, 3.05) is 4.90 Å². The second-order valence-electron chi connectivity index (χ2n) is 9.52. The molecule has 0 saturated carbocycles. The van der Waals surface area contributed by atoms with E-state index in [9.17, 15) is 9.18 Å². The van der Waals surface area contributed by atoms with Crippen LogP contribution in [-0.2, 0) is 11.3 Å². The topological polar surface area (TPSA) is 50.2 Å². The van der Waals surface area contributed by atoms with Gasteiger partial charge in [0.2, 0.25) is 5.91 Å². The van der Waals surface area contributed by atoms with Crippen LogP contribution >= 0.6 is 0 Å². The zero-order valence-corrected chi connectivity index (χ0v) is 20.5. The van der Waals surface area contributed by atoms with Gasteiger partial charge in [-0.3, -0.25) is 4.79 Å². The predicted molar refractivity (Wildman–Crippen MR) is 144 cm³/mol. The quantitative estimate of drug-likeness (QED) is 0.315. The molecule has 0 aliphatic carbocycles. The number of carbonyl (C=O) groups excluding carboxylic acids is 1. The molecule has 1 saturated heterocycles. The number of nitrogens with zero attached hydrogens (tertiary/aromatic N) is 3. The van der Waals surface area contributed by atoms with E-state index in [1.807, 2.05) is 66.4 Å². The number of amides is 1. The molecule has 184 valence electrons. The Kier molecular flexibility index (Phi) is 6.02. The normalized spacial score (nSPS) is 19.6. The fraction of sp³-hybridized carbons (Fsp3) is 0.161. The van der Waals surface area contributed by atoms with E-state index in [1.165, 1.54) is 17.7 Å². The van der Waals surface area contributed by atoms with Crippen LogP contribution in [0.25, 0.3) is 16.6 Å². The van der Waals surface area contributed by atoms with E-state index in [2.05, 4.69) is 34.7 Å². The molecular weight excluding hydrogens is 463 g/mol. The predicted octanol–water partition coefficient (Wildman–Crippen LogP) is 6.05. The van der Waals surface area contributed by atoms with Crippen LogP contribution in [0.2, 0.25) is 0 Å². The van der Waals surface area contributed by atoms with Crippen molar-refractivity contribution < 1.29 is 9.18 Å². The molecule has 6 heteroatoms. The van der Waals surface area contributed by atoms with Crippen LogP contribution in [0.15, 0.2) is 109 Å². The van der Waals surface area contributed by atoms with Gasteiger partial charge in [-0.05, 0) is 53.6 Å². The lowest BCUT2D eigenvalue weighted by Crippen LogP contribution is -2.38. The maximum Gasteiger partial charge on any atom is 0.232 e. The van der Waals surface area contributed by atoms with Crippen molar-refractivity contribution in [3.63, 3.8) is 0 Å². The number of benzene rings is 4. The second-order valence-corrected chi connectivity index (χ2v) is 9.52. The Morgan fingerprint density at radius 3 is 2.27 bits per heavy atom. The summed E-state index contributed by atoms with van der Waals surface area (Å²) < 4.78 is 15.2. The Hall–Kier alpha value is -4.29. The van der Waals surface area contributed by atoms with Crippen molar-refractivity contribution in [2.45, 2.75) is 25.6 Å². The molecule has 3 atom stereocenters. The summed E-state index contributed by atoms with van der Waals surface area (Å²) in [6.45, 7) is 2.69. The van der Waals surface area contributed by atoms with E-state index in [0.29, 0.717) is 6.54 Å². The number of nitrogens with one attached hydrogen (secondary N) is 1. The van der Waals surface area contributed by atoms with Gasteiger partial charge in [0.1, 0.15) is 5.82 Å². The summed E-state index contributed by atoms with van der Waals surface area (Å²) >= 11 is 0. The third-order valence-electron chi connectivity index (χ3n) is 7.21. The van der Waals surface area contributed by atoms with E-state index in [1.54, 1.807) is 23.0 Å². The Balaban J connectivity index is 1.37. The van der Waals surface area contributed by atoms with Gasteiger partial charge in [0.05, 0.1) is 29.4 Å². The highest BCUT2D eigenvalue weighted by atomic mass is 19.1. The van der Waals surface area contributed by atoms with Crippen molar-refractivity contribution in [2.24, 2.45) is 5.92 Å². The highest BCUT2D eigenvalue weighted by molar-refractivity contribution is 6.00. The number of hydrogen-bond donors (Lipinski definition) is 1. The highest BCUT2D eigenvalue weighted by Gasteiger charge is 2.46. The first-order chi connectivity index (χ1) is 18.1. The van der Waals surface area contributed by atoms with Crippen LogP contribution in [0.4, 0.5) is 10.1 Å². The fourth-order valence-corrected chi connectivity index (χ4v) is 5.32. The number of anilines is 1. The van der Waals surface area contributed by atoms with Crippen molar-refractivity contribution in [1.29, 1.82) is 0 Å². The first-order valence-electron chi connectivity index (χ1n) is 12.5. The Labute approximate surface area is 215 Å². The molecule has 4 aromatic carbocycles. The maximum atomic E-state index is 13.7. The third kappa shape index (κ3) is 4.30. The minimum atomic E-state index is -0.286. The Morgan fingerprint density at radius 2 is 1.54 bits per heavy atom. The van der Waals surface area contributed by atoms with Gasteiger partial charge < -0.3 is 10.2 Å². The number of carbonyl (C=O) groups is 1. The van der Waals surface area contributed by atoms with Gasteiger partial charge in [-0.25, -0.2) is 9.07 Å². The maximum absolute atomic E-state index is 13.7. The third-order valence-corrected chi connectivity index (χ3v) is 7.21. The zero-order chi connectivity index (χ0) is 25.4. The number of halogens is 1. The molecule has 3 unspecified atom stereocenters. The molecule has 0 bridgehead atoms. The summed E-state index contributed by atoms with van der Waals surface area (Å²) in [5, 5.41) is 9.13. The van der Waals surface area contributed by atoms with Gasteiger partial charge in [-0.2, -0.15) is 5.10 Å². The molecule has 1 amide bonds. The SMILES string of the molecule is CC1C(=O)N(c2ccc3c(cnn3-c3ccc(F)cc3)c2)C(c2ccccc2)C1NCc1ccccc1. The lowest BCUT2D eigenvalue weighted by molar-refractivity contribution is -0.120. The van der Waals surface area contributed by atoms with Crippen molar-refractivity contribution >= 4 is 22.5 Å². The Bertz CT molecular complexity index is 1530. The molecule has 5 nitrogen and oxygen atoms in total. The first-order valence-corrected chi connectivity index (χ1v) is 12.5. The summed E-state index contributed by atoms with van der Waals surface area (Å²) in [4.78, 5) is 15.7. The van der Waals surface area contributed by atoms with Crippen LogP contribution in [0.3, 0.4) is 0 Å². The van der Waals surface area contributed by atoms with E-state index < -0.39 is 0 Å². The molecule has 1 aromatic heterocycles. The average Bonchev–Trinajstić information content (AvgIpc) is 3.47. The van der Waals surface area contributed by atoms with Crippen LogP contribution in [-0.4, -0.2) is 21.7 Å². The van der Waals surface area contributed by atoms with E-state index in [-0.39, 0.29) is 29.7 Å². The summed E-state index contributed by atoms with van der Waals surface area (Å²) in [7, 11) is 0. The number of fused-ring (bicyclic) bond motifs is 1. The molecular formula is C31H27FN4O. The summed E-state index contributed by atoms with van der Waals surface area (Å²) in [6.07, 6.45) is 1.79. The van der Waals surface area contributed by atoms with Gasteiger partial charge in [-0.15, -0.1) is 0 Å². The second kappa shape index (κ2) is 9.64. The first kappa shape index (κ1) is 23.1. The summed E-state index contributed by atoms with van der Waals surface area (Å²) in [5.74, 6) is -0.400. The molecule has 0 spiro atoms. The molecule has 1 N–H and O–H groups in total. The van der Waals surface area contributed by atoms with E-state index in [0.717, 1.165) is 27.8 Å². The summed E-state index contributed by atoms with van der Waals surface area (Å²) in [5.41, 5.74) is 4.78. The molecule has 0 radical (unpaired) electrons. The molecule has 1 fully saturated rings. The lowest BCUT2D eigenvalue weighted by atomic mass is 9.94. The van der Waals surface area contributed by atoms with E-state index in [4.69, 9.17) is 0 Å². The van der Waals surface area contributed by atoms with E-state index >= 15 is 0 Å². The van der Waals surface area contributed by atoms with Crippen molar-refractivity contribution in [3.8, 4) is 5.69 Å².